The SMILES string of the molecule is CCCc1ccc2c(c1F)Oc1c(cc(-c3ccc(/C(F)=C(\F)C4CCC(CCC)CC4)cc3)c(F)c1F)C2. The van der Waals surface area contributed by atoms with Gasteiger partial charge in [0.15, 0.2) is 29.0 Å². The van der Waals surface area contributed by atoms with Crippen LogP contribution in [0.15, 0.2) is 48.3 Å². The molecule has 0 N–H and O–H groups in total. The average Bonchev–Trinajstić information content (AvgIpc) is 2.96. The summed E-state index contributed by atoms with van der Waals surface area (Å²) >= 11 is 0. The standard InChI is InChI=1S/C33H33F5O/c1-3-5-19-7-9-22(10-8-19)27(34)28(35)23-13-11-20(12-14-23)26-18-25-17-24-16-15-21(6-4-2)29(36)32(24)39-33(25)31(38)30(26)37/h11-16,18-19,22H,3-10,17H2,1-2H3/b28-27+. The Morgan fingerprint density at radius 2 is 1.49 bits per heavy atom. The van der Waals surface area contributed by atoms with Crippen molar-refractivity contribution >= 4 is 5.83 Å². The zero-order chi connectivity index (χ0) is 27.7. The van der Waals surface area contributed by atoms with E-state index in [2.05, 4.69) is 6.92 Å². The number of fused-ring (bicyclic) bond motifs is 2. The second-order valence-corrected chi connectivity index (χ2v) is 10.8. The smallest absolute Gasteiger partial charge is 0.202 e. The summed E-state index contributed by atoms with van der Waals surface area (Å²) in [5, 5.41) is 0. The van der Waals surface area contributed by atoms with Crippen LogP contribution in [0.1, 0.15) is 81.0 Å². The molecule has 1 aliphatic heterocycles. The van der Waals surface area contributed by atoms with Crippen LogP contribution in [0.5, 0.6) is 11.5 Å². The molecule has 3 aromatic carbocycles. The van der Waals surface area contributed by atoms with E-state index in [9.17, 15) is 8.78 Å². The molecule has 0 aromatic heterocycles. The molecule has 0 saturated heterocycles. The van der Waals surface area contributed by atoms with Crippen molar-refractivity contribution in [3.8, 4) is 22.6 Å². The molecule has 0 spiro atoms. The number of hydrogen-bond acceptors (Lipinski definition) is 1. The van der Waals surface area contributed by atoms with Gasteiger partial charge in [0.05, 0.1) is 0 Å². The van der Waals surface area contributed by atoms with Gasteiger partial charge in [-0.05, 0) is 55.2 Å². The highest BCUT2D eigenvalue weighted by Crippen LogP contribution is 2.44. The van der Waals surface area contributed by atoms with E-state index in [1.165, 1.54) is 30.3 Å². The summed E-state index contributed by atoms with van der Waals surface area (Å²) in [5.41, 5.74) is 1.78. The molecule has 206 valence electrons. The third-order valence-corrected chi connectivity index (χ3v) is 8.16. The van der Waals surface area contributed by atoms with E-state index in [0.29, 0.717) is 47.4 Å². The van der Waals surface area contributed by atoms with Crippen molar-refractivity contribution in [2.75, 3.05) is 0 Å². The van der Waals surface area contributed by atoms with Gasteiger partial charge in [-0.2, -0.15) is 4.39 Å². The van der Waals surface area contributed by atoms with Gasteiger partial charge in [0.25, 0.3) is 0 Å². The predicted octanol–water partition coefficient (Wildman–Crippen LogP) is 10.6. The third kappa shape index (κ3) is 5.35. The summed E-state index contributed by atoms with van der Waals surface area (Å²) in [4.78, 5) is 0. The second-order valence-electron chi connectivity index (χ2n) is 10.8. The van der Waals surface area contributed by atoms with Gasteiger partial charge in [0.2, 0.25) is 5.82 Å². The molecule has 5 rings (SSSR count). The lowest BCUT2D eigenvalue weighted by Gasteiger charge is -2.27. The van der Waals surface area contributed by atoms with E-state index in [0.717, 1.165) is 32.1 Å². The first-order valence-corrected chi connectivity index (χ1v) is 14.0. The molecule has 0 unspecified atom stereocenters. The Morgan fingerprint density at radius 1 is 0.795 bits per heavy atom. The lowest BCUT2D eigenvalue weighted by molar-refractivity contribution is 0.261. The van der Waals surface area contributed by atoms with Crippen molar-refractivity contribution in [1.29, 1.82) is 0 Å². The van der Waals surface area contributed by atoms with Crippen LogP contribution in [0.25, 0.3) is 17.0 Å². The van der Waals surface area contributed by atoms with Crippen molar-refractivity contribution in [2.45, 2.75) is 71.6 Å². The lowest BCUT2D eigenvalue weighted by atomic mass is 9.79. The van der Waals surface area contributed by atoms with Gasteiger partial charge in [0, 0.05) is 34.6 Å². The van der Waals surface area contributed by atoms with Gasteiger partial charge in [-0.3, -0.25) is 0 Å². The quantitative estimate of drug-likeness (QED) is 0.212. The maximum Gasteiger partial charge on any atom is 0.202 e. The van der Waals surface area contributed by atoms with E-state index in [4.69, 9.17) is 4.74 Å². The highest BCUT2D eigenvalue weighted by atomic mass is 19.2. The Labute approximate surface area is 226 Å². The monoisotopic (exact) mass is 540 g/mol. The van der Waals surface area contributed by atoms with Crippen LogP contribution in [0.3, 0.4) is 0 Å². The van der Waals surface area contributed by atoms with E-state index < -0.39 is 35.0 Å². The van der Waals surface area contributed by atoms with Crippen LogP contribution >= 0.6 is 0 Å². The Balaban J connectivity index is 1.39. The number of hydrogen-bond donors (Lipinski definition) is 0. The molecule has 2 aliphatic rings. The number of ether oxygens (including phenoxy) is 1. The molecule has 0 bridgehead atoms. The molecule has 39 heavy (non-hydrogen) atoms. The first kappa shape index (κ1) is 27.4. The second kappa shape index (κ2) is 11.5. The Kier molecular flexibility index (Phi) is 8.11. The Hall–Kier alpha value is -3.15. The summed E-state index contributed by atoms with van der Waals surface area (Å²) in [6, 6.07) is 10.6. The first-order valence-electron chi connectivity index (χ1n) is 14.0. The molecule has 1 heterocycles. The van der Waals surface area contributed by atoms with Crippen molar-refractivity contribution in [2.24, 2.45) is 11.8 Å². The predicted molar refractivity (Wildman–Crippen MR) is 145 cm³/mol. The number of aryl methyl sites for hydroxylation is 1. The van der Waals surface area contributed by atoms with Crippen molar-refractivity contribution < 1.29 is 26.7 Å². The van der Waals surface area contributed by atoms with E-state index in [1.54, 1.807) is 12.1 Å². The van der Waals surface area contributed by atoms with Crippen molar-refractivity contribution in [1.82, 2.24) is 0 Å². The van der Waals surface area contributed by atoms with Gasteiger partial charge in [-0.15, -0.1) is 0 Å². The molecule has 1 nitrogen and oxygen atoms in total. The van der Waals surface area contributed by atoms with E-state index in [-0.39, 0.29) is 29.0 Å². The van der Waals surface area contributed by atoms with Crippen LogP contribution in [0, 0.1) is 29.3 Å². The third-order valence-electron chi connectivity index (χ3n) is 8.16. The Morgan fingerprint density at radius 3 is 2.15 bits per heavy atom. The Bertz CT molecular complexity index is 1380. The van der Waals surface area contributed by atoms with Crippen molar-refractivity contribution in [3.63, 3.8) is 0 Å². The lowest BCUT2D eigenvalue weighted by Crippen LogP contribution is -2.15. The molecule has 3 aromatic rings. The summed E-state index contributed by atoms with van der Waals surface area (Å²) in [7, 11) is 0. The molecule has 0 amide bonds. The minimum absolute atomic E-state index is 0.0213. The van der Waals surface area contributed by atoms with E-state index >= 15 is 13.2 Å². The molecule has 1 saturated carbocycles. The highest BCUT2D eigenvalue weighted by molar-refractivity contribution is 5.71. The van der Waals surface area contributed by atoms with Gasteiger partial charge in [-0.1, -0.05) is 69.5 Å². The number of rotatable bonds is 7. The fourth-order valence-corrected chi connectivity index (χ4v) is 6.00. The zero-order valence-corrected chi connectivity index (χ0v) is 22.4. The van der Waals surface area contributed by atoms with Crippen LogP contribution < -0.4 is 4.74 Å². The zero-order valence-electron chi connectivity index (χ0n) is 22.4. The number of benzene rings is 3. The van der Waals surface area contributed by atoms with Gasteiger partial charge >= 0.3 is 0 Å². The number of halogens is 5. The van der Waals surface area contributed by atoms with Gasteiger partial charge in [-0.25, -0.2) is 17.6 Å². The summed E-state index contributed by atoms with van der Waals surface area (Å²) in [5.74, 6) is -4.73. The molecule has 0 atom stereocenters. The normalized spacial score (nSPS) is 19.2. The minimum Gasteiger partial charge on any atom is -0.450 e. The maximum atomic E-state index is 15.2. The molecule has 1 fully saturated rings. The topological polar surface area (TPSA) is 9.23 Å². The summed E-state index contributed by atoms with van der Waals surface area (Å²) in [6.07, 6.45) is 6.74. The fourth-order valence-electron chi connectivity index (χ4n) is 6.00. The van der Waals surface area contributed by atoms with Crippen LogP contribution in [-0.4, -0.2) is 0 Å². The molecular formula is C33H33F5O. The van der Waals surface area contributed by atoms with Crippen molar-refractivity contribution in [3.05, 3.63) is 88.0 Å². The van der Waals surface area contributed by atoms with Crippen LogP contribution in [-0.2, 0) is 12.8 Å². The molecule has 0 radical (unpaired) electrons. The van der Waals surface area contributed by atoms with Crippen LogP contribution in [0.4, 0.5) is 22.0 Å². The number of allylic oxidation sites excluding steroid dienone is 1. The van der Waals surface area contributed by atoms with Gasteiger partial charge < -0.3 is 4.74 Å². The average molecular weight is 541 g/mol. The summed E-state index contributed by atoms with van der Waals surface area (Å²) in [6.45, 7) is 4.06. The molecule has 6 heteroatoms. The fraction of sp³-hybridized carbons (Fsp3) is 0.394. The largest absolute Gasteiger partial charge is 0.450 e. The summed E-state index contributed by atoms with van der Waals surface area (Å²) < 4.78 is 80.9. The molecule has 1 aliphatic carbocycles. The minimum atomic E-state index is -1.20. The molecular weight excluding hydrogens is 507 g/mol. The van der Waals surface area contributed by atoms with Gasteiger partial charge in [0.1, 0.15) is 5.83 Å². The maximum absolute atomic E-state index is 15.2. The van der Waals surface area contributed by atoms with E-state index in [1.807, 2.05) is 6.92 Å². The first-order chi connectivity index (χ1) is 18.8. The highest BCUT2D eigenvalue weighted by Gasteiger charge is 2.29. The van der Waals surface area contributed by atoms with Crippen LogP contribution in [0.2, 0.25) is 0 Å².